The maximum atomic E-state index is 12.9. The van der Waals surface area contributed by atoms with E-state index in [1.807, 2.05) is 25.1 Å². The summed E-state index contributed by atoms with van der Waals surface area (Å²) in [5.74, 6) is 0.830. The number of rotatable bonds is 3. The number of aryl methyl sites for hydroxylation is 2. The molecule has 2 N–H and O–H groups in total. The quantitative estimate of drug-likeness (QED) is 0.875. The summed E-state index contributed by atoms with van der Waals surface area (Å²) in [5.41, 5.74) is 0.941. The number of nitrogens with zero attached hydrogens (tertiary/aromatic N) is 2. The third-order valence-electron chi connectivity index (χ3n) is 4.14. The number of hydrogen-bond acceptors (Lipinski definition) is 3. The van der Waals surface area contributed by atoms with Crippen molar-refractivity contribution in [3.05, 3.63) is 46.8 Å². The van der Waals surface area contributed by atoms with Crippen LogP contribution in [0.3, 0.4) is 0 Å². The van der Waals surface area contributed by atoms with Gasteiger partial charge in [-0.05, 0) is 24.5 Å². The van der Waals surface area contributed by atoms with Crippen LogP contribution < -0.4 is 15.4 Å². The van der Waals surface area contributed by atoms with E-state index in [2.05, 4.69) is 15.7 Å². The Kier molecular flexibility index (Phi) is 4.80. The lowest BCUT2D eigenvalue weighted by Gasteiger charge is -2.27. The molecule has 2 heterocycles. The zero-order valence-corrected chi connectivity index (χ0v) is 14.4. The lowest BCUT2D eigenvalue weighted by molar-refractivity contribution is -0.142. The molecule has 0 saturated heterocycles. The molecule has 0 bridgehead atoms. The Labute approximate surface area is 148 Å². The van der Waals surface area contributed by atoms with Crippen molar-refractivity contribution in [2.24, 2.45) is 7.05 Å². The molecule has 2 amide bonds. The molecule has 140 valence electrons. The first-order valence-corrected chi connectivity index (χ1v) is 8.09. The van der Waals surface area contributed by atoms with Crippen LogP contribution in [0.2, 0.25) is 0 Å². The topological polar surface area (TPSA) is 68.2 Å². The number of carbonyl (C=O) groups is 1. The zero-order chi connectivity index (χ0) is 18.9. The highest BCUT2D eigenvalue weighted by Crippen LogP contribution is 2.30. The minimum Gasteiger partial charge on any atom is -0.491 e. The number of nitrogens with one attached hydrogen (secondary N) is 2. The fraction of sp³-hybridized carbons (Fsp3) is 0.412. The molecule has 0 spiro atoms. The second-order valence-corrected chi connectivity index (χ2v) is 6.28. The van der Waals surface area contributed by atoms with Gasteiger partial charge in [-0.25, -0.2) is 4.79 Å². The number of halogens is 3. The van der Waals surface area contributed by atoms with Gasteiger partial charge in [0, 0.05) is 25.4 Å². The molecule has 0 saturated carbocycles. The van der Waals surface area contributed by atoms with Gasteiger partial charge < -0.3 is 15.4 Å². The SMILES string of the molecule is Cc1cccc2c1OCC(NC(=O)NCc1cn(C)nc1C(F)(F)F)C2. The molecule has 1 unspecified atom stereocenters. The van der Waals surface area contributed by atoms with Gasteiger partial charge >= 0.3 is 12.2 Å². The first-order valence-electron chi connectivity index (χ1n) is 8.09. The highest BCUT2D eigenvalue weighted by atomic mass is 19.4. The first-order chi connectivity index (χ1) is 12.2. The Morgan fingerprint density at radius 1 is 1.42 bits per heavy atom. The van der Waals surface area contributed by atoms with E-state index in [1.165, 1.54) is 13.2 Å². The number of fused-ring (bicyclic) bond motifs is 1. The van der Waals surface area contributed by atoms with Crippen LogP contribution in [0, 0.1) is 6.92 Å². The number of aromatic nitrogens is 2. The van der Waals surface area contributed by atoms with E-state index in [1.54, 1.807) is 0 Å². The summed E-state index contributed by atoms with van der Waals surface area (Å²) < 4.78 is 45.5. The molecule has 3 rings (SSSR count). The fourth-order valence-corrected chi connectivity index (χ4v) is 3.00. The van der Waals surface area contributed by atoms with Gasteiger partial charge in [0.15, 0.2) is 5.69 Å². The van der Waals surface area contributed by atoms with Gasteiger partial charge in [0.05, 0.1) is 6.04 Å². The summed E-state index contributed by atoms with van der Waals surface area (Å²) in [6, 6.07) is 5.00. The van der Waals surface area contributed by atoms with Crippen molar-refractivity contribution in [2.75, 3.05) is 6.61 Å². The Hall–Kier alpha value is -2.71. The van der Waals surface area contributed by atoms with E-state index < -0.39 is 17.9 Å². The number of benzene rings is 1. The maximum absolute atomic E-state index is 12.9. The van der Waals surface area contributed by atoms with Crippen molar-refractivity contribution in [1.82, 2.24) is 20.4 Å². The first kappa shape index (κ1) is 18.1. The predicted molar refractivity (Wildman–Crippen MR) is 87.7 cm³/mol. The number of alkyl halides is 3. The van der Waals surface area contributed by atoms with Gasteiger partial charge in [0.25, 0.3) is 0 Å². The van der Waals surface area contributed by atoms with Crippen molar-refractivity contribution >= 4 is 6.03 Å². The molecule has 6 nitrogen and oxygen atoms in total. The molecule has 1 aliphatic heterocycles. The molecule has 1 atom stereocenters. The standard InChI is InChI=1S/C17H19F3N4O2/c1-10-4-3-5-11-6-13(9-26-14(10)11)22-16(25)21-7-12-8-24(2)23-15(12)17(18,19)20/h3-5,8,13H,6-7,9H2,1-2H3,(H2,21,22,25). The summed E-state index contributed by atoms with van der Waals surface area (Å²) >= 11 is 0. The van der Waals surface area contributed by atoms with E-state index >= 15 is 0 Å². The monoisotopic (exact) mass is 368 g/mol. The molecule has 0 fully saturated rings. The second-order valence-electron chi connectivity index (χ2n) is 6.28. The minimum absolute atomic E-state index is 0.0870. The number of urea groups is 1. The highest BCUT2D eigenvalue weighted by Gasteiger charge is 2.36. The van der Waals surface area contributed by atoms with E-state index in [-0.39, 0.29) is 18.2 Å². The van der Waals surface area contributed by atoms with Crippen molar-refractivity contribution in [2.45, 2.75) is 32.1 Å². The van der Waals surface area contributed by atoms with E-state index in [4.69, 9.17) is 4.74 Å². The molecule has 9 heteroatoms. The Bertz CT molecular complexity index is 817. The van der Waals surface area contributed by atoms with Crippen LogP contribution in [0.5, 0.6) is 5.75 Å². The molecular weight excluding hydrogens is 349 g/mol. The van der Waals surface area contributed by atoms with Gasteiger partial charge in [-0.2, -0.15) is 18.3 Å². The lowest BCUT2D eigenvalue weighted by atomic mass is 10.0. The lowest BCUT2D eigenvalue weighted by Crippen LogP contribution is -2.47. The van der Waals surface area contributed by atoms with E-state index in [0.29, 0.717) is 13.0 Å². The van der Waals surface area contributed by atoms with Crippen LogP contribution in [-0.4, -0.2) is 28.5 Å². The molecule has 0 radical (unpaired) electrons. The summed E-state index contributed by atoms with van der Waals surface area (Å²) in [6.07, 6.45) is -2.72. The fourth-order valence-electron chi connectivity index (χ4n) is 3.00. The molecular formula is C17H19F3N4O2. The third-order valence-corrected chi connectivity index (χ3v) is 4.14. The van der Waals surface area contributed by atoms with E-state index in [9.17, 15) is 18.0 Å². The molecule has 1 aromatic heterocycles. The second kappa shape index (κ2) is 6.89. The average Bonchev–Trinajstić information content (AvgIpc) is 2.94. The number of amides is 2. The number of ether oxygens (including phenoxy) is 1. The highest BCUT2D eigenvalue weighted by molar-refractivity contribution is 5.74. The van der Waals surface area contributed by atoms with Gasteiger partial charge in [-0.3, -0.25) is 4.68 Å². The number of para-hydroxylation sites is 1. The smallest absolute Gasteiger partial charge is 0.435 e. The maximum Gasteiger partial charge on any atom is 0.435 e. The molecule has 0 aliphatic carbocycles. The Balaban J connectivity index is 1.58. The van der Waals surface area contributed by atoms with Crippen molar-refractivity contribution in [3.8, 4) is 5.75 Å². The van der Waals surface area contributed by atoms with Crippen molar-refractivity contribution in [1.29, 1.82) is 0 Å². The van der Waals surface area contributed by atoms with E-state index in [0.717, 1.165) is 21.6 Å². The summed E-state index contributed by atoms with van der Waals surface area (Å²) in [4.78, 5) is 12.0. The van der Waals surface area contributed by atoms with Crippen LogP contribution in [0.15, 0.2) is 24.4 Å². The zero-order valence-electron chi connectivity index (χ0n) is 14.4. The van der Waals surface area contributed by atoms with Crippen LogP contribution >= 0.6 is 0 Å². The minimum atomic E-state index is -4.56. The molecule has 1 aromatic carbocycles. The van der Waals surface area contributed by atoms with Crippen LogP contribution in [0.25, 0.3) is 0 Å². The number of carbonyl (C=O) groups excluding carboxylic acids is 1. The normalized spacial score (nSPS) is 16.6. The summed E-state index contributed by atoms with van der Waals surface area (Å²) in [6.45, 7) is 2.00. The molecule has 2 aromatic rings. The molecule has 1 aliphatic rings. The Morgan fingerprint density at radius 3 is 2.92 bits per heavy atom. The molecule has 26 heavy (non-hydrogen) atoms. The third kappa shape index (κ3) is 3.92. The largest absolute Gasteiger partial charge is 0.491 e. The van der Waals surface area contributed by atoms with Crippen LogP contribution in [0.4, 0.5) is 18.0 Å². The van der Waals surface area contributed by atoms with Gasteiger partial charge in [-0.15, -0.1) is 0 Å². The van der Waals surface area contributed by atoms with Gasteiger partial charge in [-0.1, -0.05) is 18.2 Å². The van der Waals surface area contributed by atoms with Gasteiger partial charge in [0.1, 0.15) is 12.4 Å². The van der Waals surface area contributed by atoms with Gasteiger partial charge in [0.2, 0.25) is 0 Å². The summed E-state index contributed by atoms with van der Waals surface area (Å²) in [5, 5.41) is 8.59. The summed E-state index contributed by atoms with van der Waals surface area (Å²) in [7, 11) is 1.40. The van der Waals surface area contributed by atoms with Crippen LogP contribution in [-0.2, 0) is 26.2 Å². The number of hydrogen-bond donors (Lipinski definition) is 2. The Morgan fingerprint density at radius 2 is 2.19 bits per heavy atom. The van der Waals surface area contributed by atoms with Crippen molar-refractivity contribution < 1.29 is 22.7 Å². The van der Waals surface area contributed by atoms with Crippen LogP contribution in [0.1, 0.15) is 22.4 Å². The predicted octanol–water partition coefficient (Wildman–Crippen LogP) is 2.55. The van der Waals surface area contributed by atoms with Crippen molar-refractivity contribution in [3.63, 3.8) is 0 Å². The average molecular weight is 368 g/mol.